The molecule has 1 fully saturated rings. The summed E-state index contributed by atoms with van der Waals surface area (Å²) in [7, 11) is 0. The molecule has 2 aromatic carbocycles. The number of rotatable bonds is 7. The van der Waals surface area contributed by atoms with Gasteiger partial charge in [0.25, 0.3) is 5.91 Å². The van der Waals surface area contributed by atoms with E-state index in [1.54, 1.807) is 6.20 Å². The molecular formula is C24H28N4O. The minimum atomic E-state index is -0.0328. The van der Waals surface area contributed by atoms with Crippen molar-refractivity contribution in [2.45, 2.75) is 38.9 Å². The number of likely N-dealkylation sites (tertiary alicyclic amines) is 1. The summed E-state index contributed by atoms with van der Waals surface area (Å²) in [6.07, 6.45) is 9.48. The average molecular weight is 389 g/mol. The number of amides is 1. The van der Waals surface area contributed by atoms with Crippen LogP contribution in [0.15, 0.2) is 67.3 Å². The zero-order chi connectivity index (χ0) is 19.9. The van der Waals surface area contributed by atoms with Gasteiger partial charge in [0, 0.05) is 37.6 Å². The lowest BCUT2D eigenvalue weighted by Crippen LogP contribution is -2.29. The highest BCUT2D eigenvalue weighted by Gasteiger charge is 2.11. The fourth-order valence-electron chi connectivity index (χ4n) is 3.85. The second-order valence-corrected chi connectivity index (χ2v) is 7.77. The molecule has 0 unspecified atom stereocenters. The Morgan fingerprint density at radius 1 is 0.931 bits per heavy atom. The summed E-state index contributed by atoms with van der Waals surface area (Å²) in [4.78, 5) is 19.1. The molecule has 5 heteroatoms. The molecule has 2 heterocycles. The molecule has 5 nitrogen and oxygen atoms in total. The van der Waals surface area contributed by atoms with Gasteiger partial charge in [0.1, 0.15) is 0 Å². The Hall–Kier alpha value is -2.92. The van der Waals surface area contributed by atoms with Crippen molar-refractivity contribution >= 4 is 5.91 Å². The lowest BCUT2D eigenvalue weighted by Gasteiger charge is -2.26. The van der Waals surface area contributed by atoms with E-state index in [2.05, 4.69) is 39.5 Å². The van der Waals surface area contributed by atoms with Crippen LogP contribution < -0.4 is 5.32 Å². The highest BCUT2D eigenvalue weighted by molar-refractivity contribution is 5.94. The Morgan fingerprint density at radius 3 is 2.48 bits per heavy atom. The van der Waals surface area contributed by atoms with E-state index in [1.165, 1.54) is 43.5 Å². The molecule has 4 rings (SSSR count). The van der Waals surface area contributed by atoms with Gasteiger partial charge >= 0.3 is 0 Å². The molecular weight excluding hydrogens is 360 g/mol. The largest absolute Gasteiger partial charge is 0.348 e. The number of aromatic nitrogens is 2. The number of nitrogens with one attached hydrogen (secondary N) is 1. The van der Waals surface area contributed by atoms with Crippen molar-refractivity contribution in [3.63, 3.8) is 0 Å². The molecule has 29 heavy (non-hydrogen) atoms. The monoisotopic (exact) mass is 388 g/mol. The normalized spacial score (nSPS) is 14.6. The molecule has 0 aliphatic carbocycles. The first-order valence-corrected chi connectivity index (χ1v) is 10.4. The quantitative estimate of drug-likeness (QED) is 0.669. The van der Waals surface area contributed by atoms with Crippen molar-refractivity contribution in [1.82, 2.24) is 19.8 Å². The second kappa shape index (κ2) is 9.52. The molecule has 150 valence electrons. The zero-order valence-corrected chi connectivity index (χ0v) is 16.8. The molecule has 3 aromatic rings. The van der Waals surface area contributed by atoms with E-state index in [-0.39, 0.29) is 5.91 Å². The molecule has 0 atom stereocenters. The molecule has 1 aliphatic rings. The number of benzene rings is 2. The van der Waals surface area contributed by atoms with Crippen LogP contribution in [0.3, 0.4) is 0 Å². The van der Waals surface area contributed by atoms with Crippen LogP contribution >= 0.6 is 0 Å². The zero-order valence-electron chi connectivity index (χ0n) is 16.8. The number of imidazole rings is 1. The maximum Gasteiger partial charge on any atom is 0.251 e. The third-order valence-electron chi connectivity index (χ3n) is 5.44. The van der Waals surface area contributed by atoms with E-state index >= 15 is 0 Å². The molecule has 1 N–H and O–H groups in total. The van der Waals surface area contributed by atoms with Crippen LogP contribution in [0.5, 0.6) is 0 Å². The summed E-state index contributed by atoms with van der Waals surface area (Å²) < 4.78 is 2.03. The lowest BCUT2D eigenvalue weighted by atomic mass is 10.1. The topological polar surface area (TPSA) is 50.2 Å². The van der Waals surface area contributed by atoms with Crippen molar-refractivity contribution in [3.8, 4) is 0 Å². The number of hydrogen-bond acceptors (Lipinski definition) is 3. The minimum Gasteiger partial charge on any atom is -0.348 e. The summed E-state index contributed by atoms with van der Waals surface area (Å²) in [5, 5.41) is 3.03. The van der Waals surface area contributed by atoms with Crippen LogP contribution in [-0.2, 0) is 19.6 Å². The minimum absolute atomic E-state index is 0.0328. The van der Waals surface area contributed by atoms with Crippen molar-refractivity contribution in [2.75, 3.05) is 13.1 Å². The van der Waals surface area contributed by atoms with E-state index in [4.69, 9.17) is 0 Å². The third kappa shape index (κ3) is 5.55. The van der Waals surface area contributed by atoms with E-state index in [0.717, 1.165) is 18.7 Å². The Morgan fingerprint density at radius 2 is 1.72 bits per heavy atom. The van der Waals surface area contributed by atoms with Gasteiger partial charge in [0.05, 0.1) is 6.33 Å². The summed E-state index contributed by atoms with van der Waals surface area (Å²) in [6, 6.07) is 16.3. The number of carbonyl (C=O) groups excluding carboxylic acids is 1. The van der Waals surface area contributed by atoms with Gasteiger partial charge in [-0.25, -0.2) is 4.98 Å². The maximum absolute atomic E-state index is 12.5. The fraction of sp³-hybridized carbons (Fsp3) is 0.333. The summed E-state index contributed by atoms with van der Waals surface area (Å²) in [5.74, 6) is -0.0328. The number of nitrogens with zero attached hydrogens (tertiary/aromatic N) is 3. The SMILES string of the molecule is O=C(NCc1cccc(Cn2ccnc2)c1)c1ccc(CN2CCCCC2)cc1. The van der Waals surface area contributed by atoms with Crippen LogP contribution in [0.2, 0.25) is 0 Å². The van der Waals surface area contributed by atoms with E-state index in [9.17, 15) is 4.79 Å². The van der Waals surface area contributed by atoms with Gasteiger partial charge in [-0.3, -0.25) is 9.69 Å². The maximum atomic E-state index is 12.5. The van der Waals surface area contributed by atoms with Gasteiger partial charge in [-0.15, -0.1) is 0 Å². The lowest BCUT2D eigenvalue weighted by molar-refractivity contribution is 0.0951. The first-order chi connectivity index (χ1) is 14.3. The summed E-state index contributed by atoms with van der Waals surface area (Å²) in [5.41, 5.74) is 4.27. The first kappa shape index (κ1) is 19.4. The smallest absolute Gasteiger partial charge is 0.251 e. The molecule has 1 amide bonds. The number of hydrogen-bond donors (Lipinski definition) is 1. The third-order valence-corrected chi connectivity index (χ3v) is 5.44. The van der Waals surface area contributed by atoms with Gasteiger partial charge in [-0.1, -0.05) is 42.8 Å². The Kier molecular flexibility index (Phi) is 6.37. The van der Waals surface area contributed by atoms with E-state index in [0.29, 0.717) is 12.1 Å². The fourth-order valence-corrected chi connectivity index (χ4v) is 3.85. The van der Waals surface area contributed by atoms with Gasteiger partial charge in [0.2, 0.25) is 0 Å². The average Bonchev–Trinajstić information content (AvgIpc) is 3.27. The van der Waals surface area contributed by atoms with Crippen LogP contribution in [0, 0.1) is 0 Å². The Bertz CT molecular complexity index is 912. The molecule has 1 saturated heterocycles. The highest BCUT2D eigenvalue weighted by Crippen LogP contribution is 2.14. The van der Waals surface area contributed by atoms with Gasteiger partial charge in [-0.2, -0.15) is 0 Å². The van der Waals surface area contributed by atoms with Crippen molar-refractivity contribution < 1.29 is 4.79 Å². The van der Waals surface area contributed by atoms with Crippen molar-refractivity contribution in [3.05, 3.63) is 89.5 Å². The van der Waals surface area contributed by atoms with Gasteiger partial charge < -0.3 is 9.88 Å². The van der Waals surface area contributed by atoms with E-state index in [1.807, 2.05) is 41.4 Å². The van der Waals surface area contributed by atoms with Crippen molar-refractivity contribution in [1.29, 1.82) is 0 Å². The van der Waals surface area contributed by atoms with Gasteiger partial charge in [0.15, 0.2) is 0 Å². The Balaban J connectivity index is 1.30. The molecule has 0 saturated carbocycles. The molecule has 1 aliphatic heterocycles. The van der Waals surface area contributed by atoms with Gasteiger partial charge in [-0.05, 0) is 54.8 Å². The van der Waals surface area contributed by atoms with Crippen molar-refractivity contribution in [2.24, 2.45) is 0 Å². The number of carbonyl (C=O) groups is 1. The highest BCUT2D eigenvalue weighted by atomic mass is 16.1. The molecule has 1 aromatic heterocycles. The number of piperidine rings is 1. The second-order valence-electron chi connectivity index (χ2n) is 7.77. The summed E-state index contributed by atoms with van der Waals surface area (Å²) in [6.45, 7) is 4.64. The standard InChI is InChI=1S/C24H28N4O/c29-24(23-9-7-20(8-10-23)17-27-12-2-1-3-13-27)26-16-21-5-4-6-22(15-21)18-28-14-11-25-19-28/h4-11,14-15,19H,1-3,12-13,16-18H2,(H,26,29). The molecule has 0 bridgehead atoms. The first-order valence-electron chi connectivity index (χ1n) is 10.4. The summed E-state index contributed by atoms with van der Waals surface area (Å²) >= 11 is 0. The predicted molar refractivity (Wildman–Crippen MR) is 115 cm³/mol. The van der Waals surface area contributed by atoms with Crippen LogP contribution in [0.25, 0.3) is 0 Å². The predicted octanol–water partition coefficient (Wildman–Crippen LogP) is 3.85. The van der Waals surface area contributed by atoms with E-state index < -0.39 is 0 Å². The van der Waals surface area contributed by atoms with Crippen LogP contribution in [0.1, 0.15) is 46.3 Å². The Labute approximate surface area is 172 Å². The van der Waals surface area contributed by atoms with Crippen LogP contribution in [-0.4, -0.2) is 33.4 Å². The molecule has 0 radical (unpaired) electrons. The van der Waals surface area contributed by atoms with Crippen LogP contribution in [0.4, 0.5) is 0 Å². The molecule has 0 spiro atoms.